The Balaban J connectivity index is 2.69. The minimum absolute atomic E-state index is 0.0663. The molecule has 1 aromatic rings. The maximum atomic E-state index is 10.6. The molecule has 0 saturated heterocycles. The Kier molecular flexibility index (Phi) is 4.84. The Morgan fingerprint density at radius 3 is 2.59 bits per heavy atom. The van der Waals surface area contributed by atoms with Gasteiger partial charge in [0.15, 0.2) is 5.69 Å². The highest BCUT2D eigenvalue weighted by Gasteiger charge is 2.14. The van der Waals surface area contributed by atoms with Crippen molar-refractivity contribution in [3.8, 4) is 0 Å². The van der Waals surface area contributed by atoms with E-state index in [1.165, 1.54) is 6.07 Å². The van der Waals surface area contributed by atoms with Crippen LogP contribution in [0.25, 0.3) is 0 Å². The molecule has 94 valence electrons. The highest BCUT2D eigenvalue weighted by Crippen LogP contribution is 2.10. The molecule has 0 saturated carbocycles. The van der Waals surface area contributed by atoms with Crippen molar-refractivity contribution < 1.29 is 14.6 Å². The van der Waals surface area contributed by atoms with E-state index in [2.05, 4.69) is 29.4 Å². The molecule has 1 unspecified atom stereocenters. The summed E-state index contributed by atoms with van der Waals surface area (Å²) in [6.45, 7) is 4.69. The van der Waals surface area contributed by atoms with E-state index in [-0.39, 0.29) is 11.7 Å². The topological polar surface area (TPSA) is 84.3 Å². The summed E-state index contributed by atoms with van der Waals surface area (Å²) in [5, 5.41) is 19.2. The summed E-state index contributed by atoms with van der Waals surface area (Å²) in [5.41, 5.74) is -0.0663. The number of anilines is 1. The van der Waals surface area contributed by atoms with Gasteiger partial charge in [-0.2, -0.15) is 0 Å². The third-order valence-corrected chi connectivity index (χ3v) is 2.37. The quantitative estimate of drug-likeness (QED) is 0.777. The van der Waals surface area contributed by atoms with Crippen molar-refractivity contribution in [2.24, 2.45) is 5.92 Å². The van der Waals surface area contributed by atoms with Crippen molar-refractivity contribution in [1.82, 2.24) is 10.2 Å². The first kappa shape index (κ1) is 13.4. The number of rotatable bonds is 6. The van der Waals surface area contributed by atoms with Gasteiger partial charge in [-0.25, -0.2) is 4.79 Å². The summed E-state index contributed by atoms with van der Waals surface area (Å²) in [6.07, 6.45) is 0. The first-order chi connectivity index (χ1) is 8.04. The van der Waals surface area contributed by atoms with Crippen LogP contribution in [0.5, 0.6) is 0 Å². The maximum Gasteiger partial charge on any atom is 0.356 e. The van der Waals surface area contributed by atoms with Crippen LogP contribution in [0.1, 0.15) is 24.3 Å². The van der Waals surface area contributed by atoms with Crippen LogP contribution in [0.15, 0.2) is 12.1 Å². The zero-order valence-electron chi connectivity index (χ0n) is 10.2. The second-order valence-corrected chi connectivity index (χ2v) is 4.06. The number of carboxylic acids is 1. The van der Waals surface area contributed by atoms with Gasteiger partial charge in [0.1, 0.15) is 5.82 Å². The van der Waals surface area contributed by atoms with E-state index in [9.17, 15) is 4.79 Å². The van der Waals surface area contributed by atoms with Crippen LogP contribution in [0.2, 0.25) is 0 Å². The first-order valence-corrected chi connectivity index (χ1v) is 5.37. The molecule has 1 rings (SSSR count). The van der Waals surface area contributed by atoms with Gasteiger partial charge in [0.2, 0.25) is 0 Å². The zero-order chi connectivity index (χ0) is 12.8. The number of hydrogen-bond acceptors (Lipinski definition) is 5. The Hall–Kier alpha value is -1.69. The van der Waals surface area contributed by atoms with Gasteiger partial charge in [-0.3, -0.25) is 0 Å². The molecule has 0 amide bonds. The summed E-state index contributed by atoms with van der Waals surface area (Å²) in [5.74, 6) is -0.164. The standard InChI is InChI=1S/C11H17N3O3/c1-7(2)9(6-17-3)12-10-5-4-8(11(15)16)13-14-10/h4-5,7,9H,6H2,1-3H3,(H,12,14)(H,15,16). The lowest BCUT2D eigenvalue weighted by Gasteiger charge is -2.21. The fourth-order valence-corrected chi connectivity index (χ4v) is 1.29. The largest absolute Gasteiger partial charge is 0.476 e. The van der Waals surface area contributed by atoms with Crippen LogP contribution in [0.3, 0.4) is 0 Å². The predicted octanol–water partition coefficient (Wildman–Crippen LogP) is 1.26. The number of hydrogen-bond donors (Lipinski definition) is 2. The van der Waals surface area contributed by atoms with Crippen molar-refractivity contribution >= 4 is 11.8 Å². The fourth-order valence-electron chi connectivity index (χ4n) is 1.29. The van der Waals surface area contributed by atoms with Crippen LogP contribution >= 0.6 is 0 Å². The Bertz CT molecular complexity index is 365. The Labute approximate surface area is 100 Å². The summed E-state index contributed by atoms with van der Waals surface area (Å²) in [7, 11) is 1.64. The smallest absolute Gasteiger partial charge is 0.356 e. The van der Waals surface area contributed by atoms with E-state index in [1.807, 2.05) is 0 Å². The van der Waals surface area contributed by atoms with Crippen LogP contribution in [0, 0.1) is 5.92 Å². The molecule has 0 radical (unpaired) electrons. The average Bonchev–Trinajstić information content (AvgIpc) is 2.29. The van der Waals surface area contributed by atoms with E-state index >= 15 is 0 Å². The molecule has 0 aliphatic carbocycles. The third-order valence-electron chi connectivity index (χ3n) is 2.37. The molecule has 1 aromatic heterocycles. The number of carbonyl (C=O) groups is 1. The maximum absolute atomic E-state index is 10.6. The highest BCUT2D eigenvalue weighted by molar-refractivity contribution is 5.85. The first-order valence-electron chi connectivity index (χ1n) is 5.37. The molecule has 1 atom stereocenters. The highest BCUT2D eigenvalue weighted by atomic mass is 16.5. The minimum atomic E-state index is -1.08. The van der Waals surface area contributed by atoms with Crippen molar-refractivity contribution in [2.75, 3.05) is 19.0 Å². The number of methoxy groups -OCH3 is 1. The van der Waals surface area contributed by atoms with E-state index in [4.69, 9.17) is 9.84 Å². The second kappa shape index (κ2) is 6.15. The van der Waals surface area contributed by atoms with Crippen LogP contribution in [-0.4, -0.2) is 41.0 Å². The van der Waals surface area contributed by atoms with Crippen LogP contribution in [-0.2, 0) is 4.74 Å². The number of nitrogens with one attached hydrogen (secondary N) is 1. The summed E-state index contributed by atoms with van der Waals surface area (Å²) in [4.78, 5) is 10.6. The normalized spacial score (nSPS) is 12.5. The van der Waals surface area contributed by atoms with E-state index in [1.54, 1.807) is 13.2 Å². The summed E-state index contributed by atoms with van der Waals surface area (Å²) >= 11 is 0. The molecule has 17 heavy (non-hydrogen) atoms. The SMILES string of the molecule is COCC(Nc1ccc(C(=O)O)nn1)C(C)C. The molecule has 6 nitrogen and oxygen atoms in total. The molecular formula is C11H17N3O3. The summed E-state index contributed by atoms with van der Waals surface area (Å²) < 4.78 is 5.09. The molecular weight excluding hydrogens is 222 g/mol. The second-order valence-electron chi connectivity index (χ2n) is 4.06. The van der Waals surface area contributed by atoms with E-state index in [0.717, 1.165) is 0 Å². The van der Waals surface area contributed by atoms with Gasteiger partial charge in [0.05, 0.1) is 12.6 Å². The summed E-state index contributed by atoms with van der Waals surface area (Å²) in [6, 6.07) is 3.13. The van der Waals surface area contributed by atoms with Crippen molar-refractivity contribution in [2.45, 2.75) is 19.9 Å². The number of nitrogens with zero attached hydrogens (tertiary/aromatic N) is 2. The molecule has 0 fully saturated rings. The predicted molar refractivity (Wildman–Crippen MR) is 63.1 cm³/mol. The van der Waals surface area contributed by atoms with E-state index in [0.29, 0.717) is 18.3 Å². The third kappa shape index (κ3) is 3.99. The minimum Gasteiger partial charge on any atom is -0.476 e. The van der Waals surface area contributed by atoms with Gasteiger partial charge in [-0.15, -0.1) is 10.2 Å². The number of ether oxygens (including phenoxy) is 1. The van der Waals surface area contributed by atoms with Crippen LogP contribution in [0.4, 0.5) is 5.82 Å². The van der Waals surface area contributed by atoms with Gasteiger partial charge in [0, 0.05) is 7.11 Å². The van der Waals surface area contributed by atoms with E-state index < -0.39 is 5.97 Å². The number of aromatic nitrogens is 2. The Morgan fingerprint density at radius 2 is 2.18 bits per heavy atom. The van der Waals surface area contributed by atoms with Crippen molar-refractivity contribution in [3.63, 3.8) is 0 Å². The zero-order valence-corrected chi connectivity index (χ0v) is 10.2. The molecule has 0 aromatic carbocycles. The van der Waals surface area contributed by atoms with Gasteiger partial charge in [0.25, 0.3) is 0 Å². The molecule has 2 N–H and O–H groups in total. The van der Waals surface area contributed by atoms with Gasteiger partial charge < -0.3 is 15.2 Å². The molecule has 0 aliphatic heterocycles. The lowest BCUT2D eigenvalue weighted by Crippen LogP contribution is -2.31. The van der Waals surface area contributed by atoms with Gasteiger partial charge in [-0.1, -0.05) is 13.8 Å². The molecule has 6 heteroatoms. The molecule has 0 bridgehead atoms. The molecule has 0 aliphatic rings. The number of carboxylic acid groups (broad SMARTS) is 1. The fraction of sp³-hybridized carbons (Fsp3) is 0.545. The number of aromatic carboxylic acids is 1. The monoisotopic (exact) mass is 239 g/mol. The van der Waals surface area contributed by atoms with Crippen molar-refractivity contribution in [3.05, 3.63) is 17.8 Å². The average molecular weight is 239 g/mol. The van der Waals surface area contributed by atoms with Gasteiger partial charge in [-0.05, 0) is 18.1 Å². The molecule has 1 heterocycles. The van der Waals surface area contributed by atoms with Crippen LogP contribution < -0.4 is 5.32 Å². The molecule has 0 spiro atoms. The Morgan fingerprint density at radius 1 is 1.47 bits per heavy atom. The van der Waals surface area contributed by atoms with Gasteiger partial charge >= 0.3 is 5.97 Å². The van der Waals surface area contributed by atoms with Crippen molar-refractivity contribution in [1.29, 1.82) is 0 Å². The lowest BCUT2D eigenvalue weighted by molar-refractivity contribution is 0.0689. The lowest BCUT2D eigenvalue weighted by atomic mass is 10.1.